The van der Waals surface area contributed by atoms with Crippen LogP contribution in [0.4, 0.5) is 4.39 Å². The molecule has 0 unspecified atom stereocenters. The van der Waals surface area contributed by atoms with Gasteiger partial charge >= 0.3 is 5.97 Å². The number of hydrogen-bond donors (Lipinski definition) is 0. The molecule has 0 spiro atoms. The average molecular weight is 363 g/mol. The summed E-state index contributed by atoms with van der Waals surface area (Å²) < 4.78 is 23.7. The highest BCUT2D eigenvalue weighted by Crippen LogP contribution is 2.26. The second-order valence-electron chi connectivity index (χ2n) is 4.96. The number of carbonyl (C=O) groups is 1. The summed E-state index contributed by atoms with van der Waals surface area (Å²) in [5, 5.41) is 6.78. The Morgan fingerprint density at radius 3 is 2.88 bits per heavy atom. The Kier molecular flexibility index (Phi) is 5.22. The van der Waals surface area contributed by atoms with Crippen LogP contribution in [0.25, 0.3) is 10.6 Å². The molecule has 2 heterocycles. The van der Waals surface area contributed by atoms with E-state index in [1.54, 1.807) is 17.4 Å². The quantitative estimate of drug-likeness (QED) is 0.613. The van der Waals surface area contributed by atoms with Gasteiger partial charge in [-0.05, 0) is 29.1 Å². The van der Waals surface area contributed by atoms with Crippen molar-refractivity contribution < 1.29 is 18.7 Å². The van der Waals surface area contributed by atoms with Gasteiger partial charge < -0.3 is 9.47 Å². The molecule has 2 aromatic heterocycles. The topological polar surface area (TPSA) is 48.4 Å². The van der Waals surface area contributed by atoms with E-state index in [9.17, 15) is 9.18 Å². The monoisotopic (exact) mass is 363 g/mol. The van der Waals surface area contributed by atoms with E-state index in [0.717, 1.165) is 10.6 Å². The molecule has 0 aliphatic carbocycles. The van der Waals surface area contributed by atoms with Crippen LogP contribution in [0.5, 0.6) is 5.75 Å². The molecule has 0 N–H and O–H groups in total. The Bertz CT molecular complexity index is 830. The fourth-order valence-electron chi connectivity index (χ4n) is 2.08. The van der Waals surface area contributed by atoms with Gasteiger partial charge in [-0.15, -0.1) is 11.3 Å². The van der Waals surface area contributed by atoms with Gasteiger partial charge in [-0.2, -0.15) is 11.3 Å². The van der Waals surface area contributed by atoms with Crippen molar-refractivity contribution in [1.82, 2.24) is 4.98 Å². The molecule has 0 atom stereocenters. The molecule has 24 heavy (non-hydrogen) atoms. The zero-order valence-corrected chi connectivity index (χ0v) is 14.5. The van der Waals surface area contributed by atoms with Crippen molar-refractivity contribution in [1.29, 1.82) is 0 Å². The summed E-state index contributed by atoms with van der Waals surface area (Å²) in [6, 6.07) is 6.40. The highest BCUT2D eigenvalue weighted by atomic mass is 32.1. The number of rotatable bonds is 6. The third-order valence-electron chi connectivity index (χ3n) is 3.27. The summed E-state index contributed by atoms with van der Waals surface area (Å²) in [5.41, 5.74) is 2.31. The van der Waals surface area contributed by atoms with E-state index in [2.05, 4.69) is 4.98 Å². The summed E-state index contributed by atoms with van der Waals surface area (Å²) in [5.74, 6) is -0.775. The predicted molar refractivity (Wildman–Crippen MR) is 91.9 cm³/mol. The highest BCUT2D eigenvalue weighted by molar-refractivity contribution is 7.14. The average Bonchev–Trinajstić information content (AvgIpc) is 3.24. The summed E-state index contributed by atoms with van der Waals surface area (Å²) in [7, 11) is 1.39. The largest absolute Gasteiger partial charge is 0.494 e. The maximum Gasteiger partial charge on any atom is 0.310 e. The fraction of sp³-hybridized carbons (Fsp3) is 0.176. The molecule has 0 radical (unpaired) electrons. The van der Waals surface area contributed by atoms with E-state index < -0.39 is 11.8 Å². The van der Waals surface area contributed by atoms with Crippen LogP contribution in [-0.2, 0) is 22.6 Å². The highest BCUT2D eigenvalue weighted by Gasteiger charge is 2.11. The molecule has 0 saturated carbocycles. The van der Waals surface area contributed by atoms with Crippen LogP contribution < -0.4 is 4.74 Å². The minimum atomic E-state index is -0.497. The molecule has 124 valence electrons. The molecule has 7 heteroatoms. The van der Waals surface area contributed by atoms with Crippen LogP contribution in [0.2, 0.25) is 0 Å². The third kappa shape index (κ3) is 3.98. The van der Waals surface area contributed by atoms with E-state index in [1.807, 2.05) is 22.2 Å². The number of methoxy groups -OCH3 is 1. The van der Waals surface area contributed by atoms with Crippen LogP contribution in [0.3, 0.4) is 0 Å². The molecule has 3 aromatic rings. The van der Waals surface area contributed by atoms with Gasteiger partial charge in [0.25, 0.3) is 0 Å². The Balaban J connectivity index is 1.55. The summed E-state index contributed by atoms with van der Waals surface area (Å²) in [6.45, 7) is 0.109. The van der Waals surface area contributed by atoms with E-state index in [0.29, 0.717) is 11.3 Å². The number of benzene rings is 1. The third-order valence-corrected chi connectivity index (χ3v) is 4.89. The molecule has 3 rings (SSSR count). The number of hydrogen-bond acceptors (Lipinski definition) is 6. The lowest BCUT2D eigenvalue weighted by molar-refractivity contribution is -0.144. The van der Waals surface area contributed by atoms with Gasteiger partial charge in [-0.25, -0.2) is 9.37 Å². The van der Waals surface area contributed by atoms with Crippen LogP contribution in [0.15, 0.2) is 40.4 Å². The predicted octanol–water partition coefficient (Wildman–Crippen LogP) is 4.31. The lowest BCUT2D eigenvalue weighted by Crippen LogP contribution is -2.08. The number of esters is 1. The lowest BCUT2D eigenvalue weighted by Gasteiger charge is -2.05. The van der Waals surface area contributed by atoms with Crippen LogP contribution in [0.1, 0.15) is 11.3 Å². The minimum Gasteiger partial charge on any atom is -0.494 e. The van der Waals surface area contributed by atoms with Crippen molar-refractivity contribution in [3.8, 4) is 16.3 Å². The Morgan fingerprint density at radius 2 is 2.17 bits per heavy atom. The van der Waals surface area contributed by atoms with Crippen molar-refractivity contribution >= 4 is 28.6 Å². The van der Waals surface area contributed by atoms with Crippen molar-refractivity contribution in [3.05, 3.63) is 57.5 Å². The minimum absolute atomic E-state index is 0.00242. The van der Waals surface area contributed by atoms with Gasteiger partial charge in [0.05, 0.1) is 19.2 Å². The second kappa shape index (κ2) is 7.55. The summed E-state index contributed by atoms with van der Waals surface area (Å²) >= 11 is 3.12. The SMILES string of the molecule is COc1ccc(CC(=O)OCc2csc(-c3ccsc3)n2)cc1F. The zero-order valence-electron chi connectivity index (χ0n) is 12.8. The van der Waals surface area contributed by atoms with E-state index >= 15 is 0 Å². The van der Waals surface area contributed by atoms with Crippen molar-refractivity contribution in [2.24, 2.45) is 0 Å². The van der Waals surface area contributed by atoms with Crippen LogP contribution >= 0.6 is 22.7 Å². The number of thiazole rings is 1. The first-order valence-corrected chi connectivity index (χ1v) is 8.93. The summed E-state index contributed by atoms with van der Waals surface area (Å²) in [4.78, 5) is 16.3. The van der Waals surface area contributed by atoms with Gasteiger partial charge in [-0.1, -0.05) is 6.07 Å². The van der Waals surface area contributed by atoms with Gasteiger partial charge in [0.1, 0.15) is 11.6 Å². The van der Waals surface area contributed by atoms with E-state index in [1.165, 1.54) is 30.6 Å². The van der Waals surface area contributed by atoms with Crippen molar-refractivity contribution in [2.45, 2.75) is 13.0 Å². The van der Waals surface area contributed by atoms with Crippen LogP contribution in [-0.4, -0.2) is 18.1 Å². The Labute approximate surface area is 146 Å². The molecule has 0 bridgehead atoms. The zero-order chi connectivity index (χ0) is 16.9. The number of aromatic nitrogens is 1. The number of halogens is 1. The first-order valence-electron chi connectivity index (χ1n) is 7.10. The number of thiophene rings is 1. The second-order valence-corrected chi connectivity index (χ2v) is 6.60. The van der Waals surface area contributed by atoms with Crippen LogP contribution in [0, 0.1) is 5.82 Å². The first-order chi connectivity index (χ1) is 11.7. The van der Waals surface area contributed by atoms with E-state index in [-0.39, 0.29) is 18.8 Å². The van der Waals surface area contributed by atoms with Crippen molar-refractivity contribution in [2.75, 3.05) is 7.11 Å². The number of carbonyl (C=O) groups excluding carboxylic acids is 1. The first kappa shape index (κ1) is 16.6. The molecular weight excluding hydrogens is 349 g/mol. The standard InChI is InChI=1S/C17H14FNO3S2/c1-21-15-3-2-11(6-14(15)18)7-16(20)22-8-13-10-24-17(19-13)12-4-5-23-9-12/h2-6,9-10H,7-8H2,1H3. The number of nitrogens with zero attached hydrogens (tertiary/aromatic N) is 1. The van der Waals surface area contributed by atoms with Gasteiger partial charge in [0, 0.05) is 16.3 Å². The van der Waals surface area contributed by atoms with Crippen molar-refractivity contribution in [3.63, 3.8) is 0 Å². The van der Waals surface area contributed by atoms with Gasteiger partial charge in [0.2, 0.25) is 0 Å². The maximum atomic E-state index is 13.6. The molecule has 4 nitrogen and oxygen atoms in total. The molecule has 0 aliphatic heterocycles. The molecule has 0 aliphatic rings. The maximum absolute atomic E-state index is 13.6. The Hall–Kier alpha value is -2.25. The molecule has 0 amide bonds. The van der Waals surface area contributed by atoms with E-state index in [4.69, 9.17) is 9.47 Å². The summed E-state index contributed by atoms with van der Waals surface area (Å²) in [6.07, 6.45) is 0.00242. The molecule has 1 aromatic carbocycles. The molecular formula is C17H14FNO3S2. The normalized spacial score (nSPS) is 10.6. The van der Waals surface area contributed by atoms with Gasteiger partial charge in [0.15, 0.2) is 11.6 Å². The molecule has 0 saturated heterocycles. The fourth-order valence-corrected chi connectivity index (χ4v) is 3.60. The number of ether oxygens (including phenoxy) is 2. The van der Waals surface area contributed by atoms with Gasteiger partial charge in [-0.3, -0.25) is 4.79 Å². The lowest BCUT2D eigenvalue weighted by atomic mass is 10.1. The molecule has 0 fully saturated rings. The smallest absolute Gasteiger partial charge is 0.310 e. The Morgan fingerprint density at radius 1 is 1.29 bits per heavy atom.